The molecule has 0 bridgehead atoms. The standard InChI is InChI=1S/C13H12BrN3O3/c1-2-15-12-7-10(17(18)19)8-13(16-12)20-11-5-3-9(14)4-6-11/h3-8H,2H2,1H3,(H,15,16). The highest BCUT2D eigenvalue weighted by atomic mass is 79.9. The lowest BCUT2D eigenvalue weighted by Gasteiger charge is -2.07. The van der Waals surface area contributed by atoms with E-state index >= 15 is 0 Å². The van der Waals surface area contributed by atoms with Gasteiger partial charge in [-0.3, -0.25) is 10.1 Å². The normalized spacial score (nSPS) is 10.1. The van der Waals surface area contributed by atoms with Crippen molar-refractivity contribution in [1.29, 1.82) is 0 Å². The number of aromatic nitrogens is 1. The van der Waals surface area contributed by atoms with Crippen molar-refractivity contribution in [3.63, 3.8) is 0 Å². The summed E-state index contributed by atoms with van der Waals surface area (Å²) in [5, 5.41) is 13.8. The van der Waals surface area contributed by atoms with Crippen LogP contribution in [0.3, 0.4) is 0 Å². The van der Waals surface area contributed by atoms with Crippen LogP contribution >= 0.6 is 15.9 Å². The van der Waals surface area contributed by atoms with Crippen LogP contribution in [-0.2, 0) is 0 Å². The molecule has 0 atom stereocenters. The molecule has 0 saturated carbocycles. The van der Waals surface area contributed by atoms with Crippen LogP contribution in [0.4, 0.5) is 11.5 Å². The molecule has 0 aliphatic heterocycles. The van der Waals surface area contributed by atoms with Gasteiger partial charge in [-0.25, -0.2) is 0 Å². The highest BCUT2D eigenvalue weighted by Crippen LogP contribution is 2.27. The Bertz CT molecular complexity index is 617. The van der Waals surface area contributed by atoms with Crippen LogP contribution in [-0.4, -0.2) is 16.5 Å². The van der Waals surface area contributed by atoms with E-state index in [0.717, 1.165) is 4.47 Å². The van der Waals surface area contributed by atoms with E-state index in [0.29, 0.717) is 18.1 Å². The van der Waals surface area contributed by atoms with E-state index in [1.165, 1.54) is 12.1 Å². The zero-order valence-electron chi connectivity index (χ0n) is 10.7. The molecule has 0 amide bonds. The van der Waals surface area contributed by atoms with Crippen molar-refractivity contribution in [2.45, 2.75) is 6.92 Å². The lowest BCUT2D eigenvalue weighted by atomic mass is 10.3. The molecule has 104 valence electrons. The Balaban J connectivity index is 2.29. The van der Waals surface area contributed by atoms with Crippen LogP contribution in [0.25, 0.3) is 0 Å². The third-order valence-electron chi connectivity index (χ3n) is 2.39. The first kappa shape index (κ1) is 14.3. The van der Waals surface area contributed by atoms with Crippen molar-refractivity contribution in [2.24, 2.45) is 0 Å². The first-order valence-electron chi connectivity index (χ1n) is 5.92. The van der Waals surface area contributed by atoms with Crippen LogP contribution in [0.1, 0.15) is 6.92 Å². The predicted molar refractivity (Wildman–Crippen MR) is 79.3 cm³/mol. The molecule has 1 heterocycles. The minimum Gasteiger partial charge on any atom is -0.439 e. The summed E-state index contributed by atoms with van der Waals surface area (Å²) in [5.74, 6) is 1.15. The van der Waals surface area contributed by atoms with Crippen LogP contribution in [0.2, 0.25) is 0 Å². The van der Waals surface area contributed by atoms with Crippen molar-refractivity contribution in [3.05, 3.63) is 51.0 Å². The van der Waals surface area contributed by atoms with Gasteiger partial charge in [-0.1, -0.05) is 15.9 Å². The third-order valence-corrected chi connectivity index (χ3v) is 2.92. The van der Waals surface area contributed by atoms with Crippen molar-refractivity contribution in [2.75, 3.05) is 11.9 Å². The van der Waals surface area contributed by atoms with Crippen LogP contribution in [0.5, 0.6) is 11.6 Å². The second-order valence-corrected chi connectivity index (χ2v) is 4.81. The molecule has 2 aromatic rings. The molecular formula is C13H12BrN3O3. The molecule has 1 aromatic heterocycles. The molecule has 20 heavy (non-hydrogen) atoms. The summed E-state index contributed by atoms with van der Waals surface area (Å²) in [7, 11) is 0. The molecule has 7 heteroatoms. The van der Waals surface area contributed by atoms with Gasteiger partial charge in [-0.05, 0) is 31.2 Å². The first-order valence-corrected chi connectivity index (χ1v) is 6.71. The van der Waals surface area contributed by atoms with Gasteiger partial charge >= 0.3 is 0 Å². The van der Waals surface area contributed by atoms with Gasteiger partial charge in [0.25, 0.3) is 5.69 Å². The fourth-order valence-electron chi connectivity index (χ4n) is 1.54. The Kier molecular flexibility index (Phi) is 4.52. The zero-order valence-corrected chi connectivity index (χ0v) is 12.3. The highest BCUT2D eigenvalue weighted by molar-refractivity contribution is 9.10. The quantitative estimate of drug-likeness (QED) is 0.659. The summed E-state index contributed by atoms with van der Waals surface area (Å²) >= 11 is 3.32. The minimum absolute atomic E-state index is 0.0666. The molecule has 0 spiro atoms. The monoisotopic (exact) mass is 337 g/mol. The van der Waals surface area contributed by atoms with E-state index in [4.69, 9.17) is 4.74 Å². The summed E-state index contributed by atoms with van der Waals surface area (Å²) in [6, 6.07) is 9.80. The van der Waals surface area contributed by atoms with Crippen LogP contribution < -0.4 is 10.1 Å². The summed E-state index contributed by atoms with van der Waals surface area (Å²) < 4.78 is 6.46. The third kappa shape index (κ3) is 3.67. The lowest BCUT2D eigenvalue weighted by molar-refractivity contribution is -0.384. The molecule has 1 aromatic carbocycles. The lowest BCUT2D eigenvalue weighted by Crippen LogP contribution is -2.01. The topological polar surface area (TPSA) is 77.3 Å². The van der Waals surface area contributed by atoms with E-state index in [-0.39, 0.29) is 11.6 Å². The molecule has 0 aliphatic carbocycles. The number of anilines is 1. The number of ether oxygens (including phenoxy) is 1. The summed E-state index contributed by atoms with van der Waals surface area (Å²) in [6.45, 7) is 2.50. The van der Waals surface area contributed by atoms with E-state index in [9.17, 15) is 10.1 Å². The average Bonchev–Trinajstić information content (AvgIpc) is 2.41. The predicted octanol–water partition coefficient (Wildman–Crippen LogP) is 3.98. The largest absolute Gasteiger partial charge is 0.439 e. The van der Waals surface area contributed by atoms with Crippen molar-refractivity contribution < 1.29 is 9.66 Å². The van der Waals surface area contributed by atoms with Crippen molar-refractivity contribution in [3.8, 4) is 11.6 Å². The van der Waals surface area contributed by atoms with Gasteiger partial charge in [0.2, 0.25) is 5.88 Å². The summed E-state index contributed by atoms with van der Waals surface area (Å²) in [5.41, 5.74) is -0.0666. The van der Waals surface area contributed by atoms with Crippen molar-refractivity contribution in [1.82, 2.24) is 4.98 Å². The van der Waals surface area contributed by atoms with Gasteiger partial charge in [-0.15, -0.1) is 0 Å². The Morgan fingerprint density at radius 1 is 1.35 bits per heavy atom. The smallest absolute Gasteiger partial charge is 0.278 e. The Hall–Kier alpha value is -2.15. The van der Waals surface area contributed by atoms with Crippen LogP contribution in [0, 0.1) is 10.1 Å². The number of hydrogen-bond donors (Lipinski definition) is 1. The van der Waals surface area contributed by atoms with Gasteiger partial charge in [0, 0.05) is 11.0 Å². The summed E-state index contributed by atoms with van der Waals surface area (Å²) in [6.07, 6.45) is 0. The van der Waals surface area contributed by atoms with Gasteiger partial charge in [0.1, 0.15) is 11.6 Å². The second-order valence-electron chi connectivity index (χ2n) is 3.89. The molecular weight excluding hydrogens is 326 g/mol. The molecule has 0 aliphatic rings. The van der Waals surface area contributed by atoms with Crippen molar-refractivity contribution >= 4 is 27.4 Å². The first-order chi connectivity index (χ1) is 9.58. The van der Waals surface area contributed by atoms with E-state index in [2.05, 4.69) is 26.2 Å². The molecule has 0 saturated heterocycles. The number of pyridine rings is 1. The molecule has 0 radical (unpaired) electrons. The highest BCUT2D eigenvalue weighted by Gasteiger charge is 2.12. The van der Waals surface area contributed by atoms with E-state index < -0.39 is 4.92 Å². The number of nitrogens with one attached hydrogen (secondary N) is 1. The van der Waals surface area contributed by atoms with E-state index in [1.54, 1.807) is 12.1 Å². The van der Waals surface area contributed by atoms with Gasteiger partial charge < -0.3 is 10.1 Å². The SMILES string of the molecule is CCNc1cc([N+](=O)[O-])cc(Oc2ccc(Br)cc2)n1. The molecule has 6 nitrogen and oxygen atoms in total. The van der Waals surface area contributed by atoms with Gasteiger partial charge in [0.05, 0.1) is 17.1 Å². The number of hydrogen-bond acceptors (Lipinski definition) is 5. The minimum atomic E-state index is -0.475. The Morgan fingerprint density at radius 2 is 2.05 bits per heavy atom. The van der Waals surface area contributed by atoms with Gasteiger partial charge in [-0.2, -0.15) is 4.98 Å². The fourth-order valence-corrected chi connectivity index (χ4v) is 1.81. The maximum atomic E-state index is 10.9. The summed E-state index contributed by atoms with van der Waals surface area (Å²) in [4.78, 5) is 14.6. The fraction of sp³-hybridized carbons (Fsp3) is 0.154. The van der Waals surface area contributed by atoms with E-state index in [1.807, 2.05) is 19.1 Å². The molecule has 1 N–H and O–H groups in total. The number of benzene rings is 1. The van der Waals surface area contributed by atoms with Crippen LogP contribution in [0.15, 0.2) is 40.9 Å². The average molecular weight is 338 g/mol. The Labute approximate surface area is 124 Å². The number of nitro groups is 1. The zero-order chi connectivity index (χ0) is 14.5. The number of halogens is 1. The molecule has 0 fully saturated rings. The number of nitrogens with zero attached hydrogens (tertiary/aromatic N) is 2. The molecule has 2 rings (SSSR count). The molecule has 0 unspecified atom stereocenters. The van der Waals surface area contributed by atoms with Gasteiger partial charge in [0.15, 0.2) is 0 Å². The Morgan fingerprint density at radius 3 is 2.65 bits per heavy atom. The maximum absolute atomic E-state index is 10.9. The number of rotatable bonds is 5. The second kappa shape index (κ2) is 6.33. The maximum Gasteiger partial charge on any atom is 0.278 e.